The third-order valence-corrected chi connectivity index (χ3v) is 5.31. The van der Waals surface area contributed by atoms with Crippen LogP contribution in [0.1, 0.15) is 31.2 Å². The SMILES string of the molecule is COC(=O)c1c(NC(=O)c2cc3cccc(OC)c3oc2=O)sc(C)c1C. The van der Waals surface area contributed by atoms with Crippen molar-refractivity contribution in [1.82, 2.24) is 0 Å². The minimum Gasteiger partial charge on any atom is -0.493 e. The molecule has 27 heavy (non-hydrogen) atoms. The molecule has 7 nitrogen and oxygen atoms in total. The van der Waals surface area contributed by atoms with Gasteiger partial charge in [-0.05, 0) is 31.5 Å². The van der Waals surface area contributed by atoms with Crippen LogP contribution >= 0.6 is 11.3 Å². The van der Waals surface area contributed by atoms with Gasteiger partial charge in [0.1, 0.15) is 10.6 Å². The Labute approximate surface area is 158 Å². The van der Waals surface area contributed by atoms with E-state index in [2.05, 4.69) is 5.32 Å². The monoisotopic (exact) mass is 387 g/mol. The van der Waals surface area contributed by atoms with E-state index >= 15 is 0 Å². The highest BCUT2D eigenvalue weighted by molar-refractivity contribution is 7.16. The smallest absolute Gasteiger partial charge is 0.349 e. The average molecular weight is 387 g/mol. The van der Waals surface area contributed by atoms with Crippen LogP contribution in [0, 0.1) is 13.8 Å². The molecule has 0 aliphatic heterocycles. The van der Waals surface area contributed by atoms with Crippen molar-refractivity contribution in [3.8, 4) is 5.75 Å². The van der Waals surface area contributed by atoms with E-state index in [1.165, 1.54) is 31.6 Å². The third kappa shape index (κ3) is 3.31. The van der Waals surface area contributed by atoms with Gasteiger partial charge >= 0.3 is 11.6 Å². The van der Waals surface area contributed by atoms with Crippen LogP contribution in [0.4, 0.5) is 5.00 Å². The second kappa shape index (κ2) is 7.24. The number of methoxy groups -OCH3 is 2. The molecule has 0 saturated carbocycles. The van der Waals surface area contributed by atoms with Crippen LogP contribution < -0.4 is 15.7 Å². The first-order chi connectivity index (χ1) is 12.9. The van der Waals surface area contributed by atoms with Crippen molar-refractivity contribution in [2.24, 2.45) is 0 Å². The summed E-state index contributed by atoms with van der Waals surface area (Å²) in [5.74, 6) is -0.823. The van der Waals surface area contributed by atoms with Gasteiger partial charge in [-0.3, -0.25) is 4.79 Å². The van der Waals surface area contributed by atoms with Gasteiger partial charge in [0.25, 0.3) is 5.91 Å². The summed E-state index contributed by atoms with van der Waals surface area (Å²) in [6.07, 6.45) is 0. The van der Waals surface area contributed by atoms with E-state index in [0.717, 1.165) is 10.4 Å². The molecule has 3 rings (SSSR count). The predicted octanol–water partition coefficient (Wildman–Crippen LogP) is 3.52. The number of carbonyl (C=O) groups excluding carboxylic acids is 2. The molecule has 2 aromatic heterocycles. The lowest BCUT2D eigenvalue weighted by atomic mass is 10.1. The largest absolute Gasteiger partial charge is 0.493 e. The van der Waals surface area contributed by atoms with Gasteiger partial charge in [0, 0.05) is 10.3 Å². The number of benzene rings is 1. The molecular formula is C19H17NO6S. The highest BCUT2D eigenvalue weighted by Gasteiger charge is 2.23. The number of ether oxygens (including phenoxy) is 2. The summed E-state index contributed by atoms with van der Waals surface area (Å²) in [5.41, 5.74) is 0.293. The first kappa shape index (κ1) is 18.7. The average Bonchev–Trinajstić information content (AvgIpc) is 2.93. The van der Waals surface area contributed by atoms with Gasteiger partial charge < -0.3 is 19.2 Å². The zero-order valence-corrected chi connectivity index (χ0v) is 16.0. The number of anilines is 1. The molecule has 3 aromatic rings. The number of amides is 1. The van der Waals surface area contributed by atoms with E-state index in [1.54, 1.807) is 25.1 Å². The van der Waals surface area contributed by atoms with Gasteiger partial charge in [-0.1, -0.05) is 12.1 Å². The number of rotatable bonds is 4. The molecule has 0 aliphatic carbocycles. The molecule has 0 radical (unpaired) electrons. The van der Waals surface area contributed by atoms with Crippen molar-refractivity contribution in [1.29, 1.82) is 0 Å². The van der Waals surface area contributed by atoms with Crippen molar-refractivity contribution in [3.05, 3.63) is 56.3 Å². The van der Waals surface area contributed by atoms with Crippen molar-refractivity contribution in [3.63, 3.8) is 0 Å². The maximum absolute atomic E-state index is 12.7. The summed E-state index contributed by atoms with van der Waals surface area (Å²) >= 11 is 1.24. The van der Waals surface area contributed by atoms with Crippen LogP contribution in [-0.4, -0.2) is 26.1 Å². The topological polar surface area (TPSA) is 94.8 Å². The molecule has 8 heteroatoms. The molecule has 0 fully saturated rings. The molecular weight excluding hydrogens is 370 g/mol. The van der Waals surface area contributed by atoms with Crippen molar-refractivity contribution in [2.45, 2.75) is 13.8 Å². The van der Waals surface area contributed by atoms with Gasteiger partial charge in [0.2, 0.25) is 0 Å². The quantitative estimate of drug-likeness (QED) is 0.544. The van der Waals surface area contributed by atoms with Gasteiger partial charge in [0.05, 0.1) is 19.8 Å². The number of hydrogen-bond donors (Lipinski definition) is 1. The van der Waals surface area contributed by atoms with Crippen LogP contribution in [0.3, 0.4) is 0 Å². The lowest BCUT2D eigenvalue weighted by Crippen LogP contribution is -2.21. The number of hydrogen-bond acceptors (Lipinski definition) is 7. The number of esters is 1. The zero-order chi connectivity index (χ0) is 19.7. The second-order valence-corrected chi connectivity index (χ2v) is 6.98. The number of aryl methyl sites for hydroxylation is 1. The van der Waals surface area contributed by atoms with Crippen molar-refractivity contribution < 1.29 is 23.5 Å². The maximum atomic E-state index is 12.7. The number of para-hydroxylation sites is 1. The Kier molecular flexibility index (Phi) is 5.00. The summed E-state index contributed by atoms with van der Waals surface area (Å²) in [7, 11) is 2.73. The van der Waals surface area contributed by atoms with Gasteiger partial charge in [0.15, 0.2) is 11.3 Å². The molecule has 0 saturated heterocycles. The Balaban J connectivity index is 2.03. The fraction of sp³-hybridized carbons (Fsp3) is 0.211. The van der Waals surface area contributed by atoms with Crippen molar-refractivity contribution >= 4 is 39.2 Å². The van der Waals surface area contributed by atoms with Crippen LogP contribution in [-0.2, 0) is 4.74 Å². The van der Waals surface area contributed by atoms with E-state index < -0.39 is 17.5 Å². The Morgan fingerprint density at radius 2 is 1.93 bits per heavy atom. The molecule has 0 bridgehead atoms. The molecule has 0 atom stereocenters. The van der Waals surface area contributed by atoms with Crippen LogP contribution in [0.15, 0.2) is 33.5 Å². The molecule has 140 valence electrons. The molecule has 0 aliphatic rings. The Hall–Kier alpha value is -3.13. The lowest BCUT2D eigenvalue weighted by Gasteiger charge is -2.07. The van der Waals surface area contributed by atoms with E-state index in [0.29, 0.717) is 16.1 Å². The van der Waals surface area contributed by atoms with Gasteiger partial charge in [-0.25, -0.2) is 9.59 Å². The van der Waals surface area contributed by atoms with Crippen LogP contribution in [0.2, 0.25) is 0 Å². The predicted molar refractivity (Wildman–Crippen MR) is 102 cm³/mol. The highest BCUT2D eigenvalue weighted by Crippen LogP contribution is 2.33. The summed E-state index contributed by atoms with van der Waals surface area (Å²) in [5, 5.41) is 3.50. The third-order valence-electron chi connectivity index (χ3n) is 4.19. The summed E-state index contributed by atoms with van der Waals surface area (Å²) in [6.45, 7) is 3.60. The Morgan fingerprint density at radius 1 is 1.19 bits per heavy atom. The standard InChI is InChI=1S/C19H17NO6S/c1-9-10(2)27-17(14(9)19(23)25-4)20-16(21)12-8-11-6-5-7-13(24-3)15(11)26-18(12)22/h5-8H,1-4H3,(H,20,21). The molecule has 0 unspecified atom stereocenters. The molecule has 0 spiro atoms. The van der Waals surface area contributed by atoms with E-state index in [-0.39, 0.29) is 16.7 Å². The van der Waals surface area contributed by atoms with Crippen molar-refractivity contribution in [2.75, 3.05) is 19.5 Å². The molecule has 1 N–H and O–H groups in total. The minimum absolute atomic E-state index is 0.171. The van der Waals surface area contributed by atoms with Gasteiger partial charge in [-0.15, -0.1) is 11.3 Å². The first-order valence-corrected chi connectivity index (χ1v) is 8.79. The lowest BCUT2D eigenvalue weighted by molar-refractivity contribution is 0.0601. The summed E-state index contributed by atoms with van der Waals surface area (Å²) in [6, 6.07) is 6.52. The second-order valence-electron chi connectivity index (χ2n) is 5.76. The maximum Gasteiger partial charge on any atom is 0.349 e. The Morgan fingerprint density at radius 3 is 2.59 bits per heavy atom. The highest BCUT2D eigenvalue weighted by atomic mass is 32.1. The van der Waals surface area contributed by atoms with Gasteiger partial charge in [-0.2, -0.15) is 0 Å². The fourth-order valence-corrected chi connectivity index (χ4v) is 3.71. The van der Waals surface area contributed by atoms with E-state index in [1.807, 2.05) is 6.92 Å². The summed E-state index contributed by atoms with van der Waals surface area (Å²) < 4.78 is 15.2. The Bertz CT molecular complexity index is 1110. The van der Waals surface area contributed by atoms with Crippen LogP contribution in [0.25, 0.3) is 11.0 Å². The minimum atomic E-state index is -0.797. The molecule has 1 amide bonds. The number of fused-ring (bicyclic) bond motifs is 1. The number of nitrogens with one attached hydrogen (secondary N) is 1. The first-order valence-electron chi connectivity index (χ1n) is 7.97. The number of carbonyl (C=O) groups is 2. The normalized spacial score (nSPS) is 10.7. The number of thiophene rings is 1. The molecule has 1 aromatic carbocycles. The fourth-order valence-electron chi connectivity index (χ4n) is 2.67. The van der Waals surface area contributed by atoms with E-state index in [9.17, 15) is 14.4 Å². The van der Waals surface area contributed by atoms with E-state index in [4.69, 9.17) is 13.9 Å². The zero-order valence-electron chi connectivity index (χ0n) is 15.2. The molecule has 2 heterocycles. The van der Waals surface area contributed by atoms with Crippen LogP contribution in [0.5, 0.6) is 5.75 Å². The summed E-state index contributed by atoms with van der Waals surface area (Å²) in [4.78, 5) is 37.9.